The number of Topliss-reactive ketones (excluding diaryl/α,β-unsaturated/α-hetero) is 1. The summed E-state index contributed by atoms with van der Waals surface area (Å²) >= 11 is 6.53. The number of benzene rings is 2. The Morgan fingerprint density at radius 2 is 1.86 bits per heavy atom. The predicted molar refractivity (Wildman–Crippen MR) is 139 cm³/mol. The second kappa shape index (κ2) is 9.81. The SMILES string of the molecule is CC1(C)CC(CC(=O)c2ccc(Oc3cccc(-c4cccnc4)c3C#N)c(Cl)c2)CC(C)(C)N1. The van der Waals surface area contributed by atoms with Gasteiger partial charge in [0, 0.05) is 46.6 Å². The third-order valence-electron chi connectivity index (χ3n) is 6.33. The van der Waals surface area contributed by atoms with E-state index < -0.39 is 0 Å². The summed E-state index contributed by atoms with van der Waals surface area (Å²) in [5.74, 6) is 1.17. The van der Waals surface area contributed by atoms with Gasteiger partial charge in [0.15, 0.2) is 5.78 Å². The molecular formula is C29H30ClN3O2. The van der Waals surface area contributed by atoms with E-state index in [1.54, 1.807) is 36.7 Å². The number of piperidine rings is 1. The van der Waals surface area contributed by atoms with Gasteiger partial charge in [-0.1, -0.05) is 29.8 Å². The van der Waals surface area contributed by atoms with E-state index in [1.165, 1.54) is 0 Å². The maximum atomic E-state index is 13.1. The van der Waals surface area contributed by atoms with Crippen LogP contribution in [0.4, 0.5) is 0 Å². The largest absolute Gasteiger partial charge is 0.454 e. The Kier molecular flexibility index (Phi) is 6.98. The third kappa shape index (κ3) is 5.90. The molecule has 2 heterocycles. The van der Waals surface area contributed by atoms with Gasteiger partial charge in [0.25, 0.3) is 0 Å². The van der Waals surface area contributed by atoms with Crippen molar-refractivity contribution in [2.45, 2.75) is 58.0 Å². The molecule has 180 valence electrons. The molecule has 0 saturated carbocycles. The molecule has 3 aromatic rings. The number of aromatic nitrogens is 1. The van der Waals surface area contributed by atoms with E-state index in [4.69, 9.17) is 16.3 Å². The van der Waals surface area contributed by atoms with E-state index in [9.17, 15) is 10.1 Å². The quantitative estimate of drug-likeness (QED) is 0.372. The van der Waals surface area contributed by atoms with Gasteiger partial charge in [0.2, 0.25) is 0 Å². The van der Waals surface area contributed by atoms with Crippen LogP contribution in [-0.2, 0) is 0 Å². The summed E-state index contributed by atoms with van der Waals surface area (Å²) in [6, 6.07) is 16.5. The lowest BCUT2D eigenvalue weighted by Crippen LogP contribution is -2.57. The van der Waals surface area contributed by atoms with E-state index in [2.05, 4.69) is 44.1 Å². The normalized spacial score (nSPS) is 16.9. The predicted octanol–water partition coefficient (Wildman–Crippen LogP) is 7.20. The van der Waals surface area contributed by atoms with E-state index in [1.807, 2.05) is 24.3 Å². The Morgan fingerprint density at radius 3 is 2.49 bits per heavy atom. The lowest BCUT2D eigenvalue weighted by molar-refractivity contribution is 0.0864. The Bertz CT molecular complexity index is 1260. The number of nitrogens with zero attached hydrogens (tertiary/aromatic N) is 2. The average molecular weight is 488 g/mol. The first-order chi connectivity index (χ1) is 16.6. The minimum atomic E-state index is -0.00909. The lowest BCUT2D eigenvalue weighted by atomic mass is 9.74. The van der Waals surface area contributed by atoms with Crippen LogP contribution in [0.5, 0.6) is 11.5 Å². The number of ether oxygens (including phenoxy) is 1. The molecule has 1 aromatic heterocycles. The van der Waals surface area contributed by atoms with Gasteiger partial charge in [-0.2, -0.15) is 5.26 Å². The number of hydrogen-bond donors (Lipinski definition) is 1. The zero-order valence-corrected chi connectivity index (χ0v) is 21.3. The van der Waals surface area contributed by atoms with Crippen LogP contribution in [0.3, 0.4) is 0 Å². The minimum Gasteiger partial charge on any atom is -0.454 e. The topological polar surface area (TPSA) is 75.0 Å². The van der Waals surface area contributed by atoms with Gasteiger partial charge in [0.05, 0.1) is 5.02 Å². The van der Waals surface area contributed by atoms with Crippen LogP contribution in [-0.4, -0.2) is 21.8 Å². The second-order valence-electron chi connectivity index (χ2n) is 10.6. The molecule has 35 heavy (non-hydrogen) atoms. The molecule has 0 spiro atoms. The first-order valence-corrected chi connectivity index (χ1v) is 12.2. The van der Waals surface area contributed by atoms with E-state index in [0.29, 0.717) is 40.0 Å². The number of nitriles is 1. The third-order valence-corrected chi connectivity index (χ3v) is 6.63. The molecule has 1 saturated heterocycles. The number of halogens is 1. The Labute approximate surface area is 212 Å². The first-order valence-electron chi connectivity index (χ1n) is 11.8. The van der Waals surface area contributed by atoms with Gasteiger partial charge in [-0.15, -0.1) is 0 Å². The summed E-state index contributed by atoms with van der Waals surface area (Å²) in [6.45, 7) is 8.75. The molecule has 1 aliphatic heterocycles. The minimum absolute atomic E-state index is 0.00909. The maximum Gasteiger partial charge on any atom is 0.163 e. The van der Waals surface area contributed by atoms with Gasteiger partial charge in [-0.3, -0.25) is 9.78 Å². The van der Waals surface area contributed by atoms with E-state index in [-0.39, 0.29) is 16.9 Å². The molecular weight excluding hydrogens is 458 g/mol. The highest BCUT2D eigenvalue weighted by Crippen LogP contribution is 2.38. The van der Waals surface area contributed by atoms with Gasteiger partial charge in [0.1, 0.15) is 23.1 Å². The fourth-order valence-electron chi connectivity index (χ4n) is 5.43. The average Bonchev–Trinajstić information content (AvgIpc) is 2.78. The summed E-state index contributed by atoms with van der Waals surface area (Å²) < 4.78 is 6.04. The highest BCUT2D eigenvalue weighted by atomic mass is 35.5. The van der Waals surface area contributed by atoms with Crippen molar-refractivity contribution in [2.75, 3.05) is 0 Å². The monoisotopic (exact) mass is 487 g/mol. The molecule has 0 radical (unpaired) electrons. The van der Waals surface area contributed by atoms with E-state index >= 15 is 0 Å². The maximum absolute atomic E-state index is 13.1. The number of hydrogen-bond acceptors (Lipinski definition) is 5. The van der Waals surface area contributed by atoms with Crippen LogP contribution < -0.4 is 10.1 Å². The number of carbonyl (C=O) groups is 1. The molecule has 6 heteroatoms. The molecule has 2 aromatic carbocycles. The molecule has 5 nitrogen and oxygen atoms in total. The van der Waals surface area contributed by atoms with Crippen LogP contribution in [0.25, 0.3) is 11.1 Å². The summed E-state index contributed by atoms with van der Waals surface area (Å²) in [4.78, 5) is 17.2. The Morgan fingerprint density at radius 1 is 1.11 bits per heavy atom. The van der Waals surface area contributed by atoms with Crippen LogP contribution in [0.15, 0.2) is 60.9 Å². The van der Waals surface area contributed by atoms with Crippen molar-refractivity contribution in [3.8, 4) is 28.7 Å². The fourth-order valence-corrected chi connectivity index (χ4v) is 5.65. The molecule has 0 atom stereocenters. The molecule has 1 aliphatic rings. The zero-order chi connectivity index (χ0) is 25.2. The standard InChI is InChI=1S/C29H30ClN3O2/c1-28(2)15-19(16-29(3,4)33-28)13-25(34)20-10-11-27(24(30)14-20)35-26-9-5-8-22(23(26)17-31)21-7-6-12-32-18-21/h5-12,14,18-19,33H,13,15-16H2,1-4H3. The molecule has 0 unspecified atom stereocenters. The van der Waals surface area contributed by atoms with Crippen LogP contribution in [0, 0.1) is 17.2 Å². The highest BCUT2D eigenvalue weighted by molar-refractivity contribution is 6.32. The van der Waals surface area contributed by atoms with Crippen molar-refractivity contribution in [2.24, 2.45) is 5.92 Å². The smallest absolute Gasteiger partial charge is 0.163 e. The molecule has 1 fully saturated rings. The van der Waals surface area contributed by atoms with Crippen LogP contribution in [0.2, 0.25) is 5.02 Å². The summed E-state index contributed by atoms with van der Waals surface area (Å²) in [7, 11) is 0. The number of rotatable bonds is 6. The van der Waals surface area contributed by atoms with Crippen LogP contribution >= 0.6 is 11.6 Å². The van der Waals surface area contributed by atoms with Crippen molar-refractivity contribution in [1.29, 1.82) is 5.26 Å². The summed E-state index contributed by atoms with van der Waals surface area (Å²) in [5, 5.41) is 13.8. The molecule has 1 N–H and O–H groups in total. The zero-order valence-electron chi connectivity index (χ0n) is 20.6. The first kappa shape index (κ1) is 24.9. The van der Waals surface area contributed by atoms with Gasteiger partial charge in [-0.05, 0) is 76.8 Å². The summed E-state index contributed by atoms with van der Waals surface area (Å²) in [6.07, 6.45) is 5.77. The lowest BCUT2D eigenvalue weighted by Gasteiger charge is -2.46. The molecule has 0 aliphatic carbocycles. The fraction of sp³-hybridized carbons (Fsp3) is 0.345. The number of nitrogens with one attached hydrogen (secondary N) is 1. The number of carbonyl (C=O) groups excluding carboxylic acids is 1. The van der Waals surface area contributed by atoms with Crippen molar-refractivity contribution in [3.05, 3.63) is 77.1 Å². The molecule has 0 bridgehead atoms. The summed E-state index contributed by atoms with van der Waals surface area (Å²) in [5.41, 5.74) is 2.50. The van der Waals surface area contributed by atoms with Crippen molar-refractivity contribution in [1.82, 2.24) is 10.3 Å². The molecule has 0 amide bonds. The van der Waals surface area contributed by atoms with Crippen molar-refractivity contribution < 1.29 is 9.53 Å². The van der Waals surface area contributed by atoms with Crippen LogP contribution in [0.1, 0.15) is 62.9 Å². The van der Waals surface area contributed by atoms with Gasteiger partial charge in [-0.25, -0.2) is 0 Å². The highest BCUT2D eigenvalue weighted by Gasteiger charge is 2.38. The Hall–Kier alpha value is -3.20. The van der Waals surface area contributed by atoms with Crippen molar-refractivity contribution in [3.63, 3.8) is 0 Å². The van der Waals surface area contributed by atoms with Crippen molar-refractivity contribution >= 4 is 17.4 Å². The van der Waals surface area contributed by atoms with E-state index in [0.717, 1.165) is 24.0 Å². The second-order valence-corrected chi connectivity index (χ2v) is 11.0. The van der Waals surface area contributed by atoms with Gasteiger partial charge < -0.3 is 10.1 Å². The number of ketones is 1. The van der Waals surface area contributed by atoms with Gasteiger partial charge >= 0.3 is 0 Å². The molecule has 4 rings (SSSR count). The Balaban J connectivity index is 1.53. The number of pyridine rings is 1.